The fourth-order valence-electron chi connectivity index (χ4n) is 2.12. The SMILES string of the molecule is CC(N)C(Sc1n[nH]c(=O)n1C1CC1)c1ccccn1. The van der Waals surface area contributed by atoms with Gasteiger partial charge in [-0.2, -0.15) is 0 Å². The van der Waals surface area contributed by atoms with Gasteiger partial charge >= 0.3 is 5.69 Å². The summed E-state index contributed by atoms with van der Waals surface area (Å²) in [4.78, 5) is 16.2. The van der Waals surface area contributed by atoms with Crippen LogP contribution in [0.3, 0.4) is 0 Å². The summed E-state index contributed by atoms with van der Waals surface area (Å²) in [6.07, 6.45) is 3.84. The average molecular weight is 291 g/mol. The molecule has 6 nitrogen and oxygen atoms in total. The van der Waals surface area contributed by atoms with Crippen LogP contribution in [0, 0.1) is 0 Å². The summed E-state index contributed by atoms with van der Waals surface area (Å²) in [6.45, 7) is 1.94. The molecule has 2 aromatic rings. The lowest BCUT2D eigenvalue weighted by Gasteiger charge is -2.19. The van der Waals surface area contributed by atoms with Gasteiger partial charge in [-0.3, -0.25) is 9.55 Å². The molecule has 2 unspecified atom stereocenters. The van der Waals surface area contributed by atoms with Crippen molar-refractivity contribution in [1.82, 2.24) is 19.7 Å². The van der Waals surface area contributed by atoms with Crippen LogP contribution in [0.2, 0.25) is 0 Å². The van der Waals surface area contributed by atoms with Crippen LogP contribution in [0.1, 0.15) is 36.8 Å². The van der Waals surface area contributed by atoms with E-state index in [1.165, 1.54) is 11.8 Å². The lowest BCUT2D eigenvalue weighted by Crippen LogP contribution is -2.24. The Kier molecular flexibility index (Phi) is 3.62. The third kappa shape index (κ3) is 2.64. The Morgan fingerprint density at radius 3 is 2.90 bits per heavy atom. The highest BCUT2D eigenvalue weighted by atomic mass is 32.2. The fraction of sp³-hybridized carbons (Fsp3) is 0.462. The maximum atomic E-state index is 11.8. The van der Waals surface area contributed by atoms with Crippen molar-refractivity contribution in [2.24, 2.45) is 5.73 Å². The molecular formula is C13H17N5OS. The molecule has 0 amide bonds. The highest BCUT2D eigenvalue weighted by Gasteiger charge is 2.30. The Labute approximate surface area is 120 Å². The zero-order chi connectivity index (χ0) is 14.1. The molecule has 106 valence electrons. The molecule has 0 aromatic carbocycles. The first-order valence-electron chi connectivity index (χ1n) is 6.67. The lowest BCUT2D eigenvalue weighted by atomic mass is 10.2. The van der Waals surface area contributed by atoms with Crippen LogP contribution < -0.4 is 11.4 Å². The van der Waals surface area contributed by atoms with Crippen LogP contribution >= 0.6 is 11.8 Å². The molecule has 7 heteroatoms. The Balaban J connectivity index is 1.89. The molecule has 1 aliphatic carbocycles. The Bertz CT molecular complexity index is 632. The molecule has 0 saturated heterocycles. The number of nitrogens with one attached hydrogen (secondary N) is 1. The molecule has 2 aromatic heterocycles. The summed E-state index contributed by atoms with van der Waals surface area (Å²) in [6, 6.07) is 5.97. The van der Waals surface area contributed by atoms with Gasteiger partial charge in [-0.15, -0.1) is 5.10 Å². The largest absolute Gasteiger partial charge is 0.344 e. The van der Waals surface area contributed by atoms with E-state index in [1.807, 2.05) is 25.1 Å². The minimum absolute atomic E-state index is 0.0242. The predicted octanol–water partition coefficient (Wildman–Crippen LogP) is 1.48. The van der Waals surface area contributed by atoms with Crippen LogP contribution in [0.25, 0.3) is 0 Å². The third-order valence-corrected chi connectivity index (χ3v) is 4.70. The number of hydrogen-bond acceptors (Lipinski definition) is 5. The molecule has 2 atom stereocenters. The Morgan fingerprint density at radius 1 is 1.50 bits per heavy atom. The second kappa shape index (κ2) is 5.41. The number of pyridine rings is 1. The number of thioether (sulfide) groups is 1. The number of aromatic nitrogens is 4. The van der Waals surface area contributed by atoms with Crippen LogP contribution in [0.15, 0.2) is 34.3 Å². The Hall–Kier alpha value is -1.60. The maximum absolute atomic E-state index is 11.8. The van der Waals surface area contributed by atoms with E-state index in [1.54, 1.807) is 10.8 Å². The summed E-state index contributed by atoms with van der Waals surface area (Å²) in [7, 11) is 0. The average Bonchev–Trinajstić information content (AvgIpc) is 3.21. The fourth-order valence-corrected chi connectivity index (χ4v) is 3.27. The van der Waals surface area contributed by atoms with Crippen molar-refractivity contribution in [2.45, 2.75) is 42.3 Å². The van der Waals surface area contributed by atoms with E-state index >= 15 is 0 Å². The molecule has 0 aliphatic heterocycles. The van der Waals surface area contributed by atoms with Crippen molar-refractivity contribution in [1.29, 1.82) is 0 Å². The van der Waals surface area contributed by atoms with E-state index in [9.17, 15) is 4.79 Å². The van der Waals surface area contributed by atoms with E-state index in [2.05, 4.69) is 15.2 Å². The monoisotopic (exact) mass is 291 g/mol. The normalized spacial score (nSPS) is 17.9. The molecule has 1 fully saturated rings. The van der Waals surface area contributed by atoms with Gasteiger partial charge in [0.2, 0.25) is 0 Å². The summed E-state index contributed by atoms with van der Waals surface area (Å²) < 4.78 is 1.74. The number of nitrogens with zero attached hydrogens (tertiary/aromatic N) is 3. The van der Waals surface area contributed by atoms with Crippen LogP contribution in [-0.4, -0.2) is 25.8 Å². The van der Waals surface area contributed by atoms with Gasteiger partial charge in [0.1, 0.15) is 0 Å². The zero-order valence-electron chi connectivity index (χ0n) is 11.2. The van der Waals surface area contributed by atoms with Crippen molar-refractivity contribution in [3.8, 4) is 0 Å². The molecule has 0 radical (unpaired) electrons. The molecule has 1 saturated carbocycles. The zero-order valence-corrected chi connectivity index (χ0v) is 12.0. The molecular weight excluding hydrogens is 274 g/mol. The summed E-state index contributed by atoms with van der Waals surface area (Å²) >= 11 is 1.50. The van der Waals surface area contributed by atoms with Crippen LogP contribution in [0.5, 0.6) is 0 Å². The molecule has 3 N–H and O–H groups in total. The molecule has 1 aliphatic rings. The minimum Gasteiger partial charge on any atom is -0.327 e. The standard InChI is InChI=1S/C13H17N5OS/c1-8(14)11(10-4-2-3-7-15-10)20-13-17-16-12(19)18(13)9-5-6-9/h2-4,7-9,11H,5-6,14H2,1H3,(H,16,19). The van der Waals surface area contributed by atoms with E-state index < -0.39 is 0 Å². The highest BCUT2D eigenvalue weighted by molar-refractivity contribution is 7.99. The van der Waals surface area contributed by atoms with Crippen molar-refractivity contribution in [3.05, 3.63) is 40.6 Å². The maximum Gasteiger partial charge on any atom is 0.344 e. The second-order valence-electron chi connectivity index (χ2n) is 5.06. The number of hydrogen-bond donors (Lipinski definition) is 2. The van der Waals surface area contributed by atoms with E-state index in [0.717, 1.165) is 18.5 Å². The van der Waals surface area contributed by atoms with Gasteiger partial charge in [-0.05, 0) is 31.9 Å². The topological polar surface area (TPSA) is 89.6 Å². The van der Waals surface area contributed by atoms with Crippen molar-refractivity contribution < 1.29 is 0 Å². The first-order valence-corrected chi connectivity index (χ1v) is 7.55. The quantitative estimate of drug-likeness (QED) is 0.814. The van der Waals surface area contributed by atoms with E-state index in [4.69, 9.17) is 5.73 Å². The number of aromatic amines is 1. The van der Waals surface area contributed by atoms with Crippen molar-refractivity contribution in [3.63, 3.8) is 0 Å². The van der Waals surface area contributed by atoms with Gasteiger partial charge in [0.15, 0.2) is 5.16 Å². The Morgan fingerprint density at radius 2 is 2.30 bits per heavy atom. The first-order chi connectivity index (χ1) is 9.66. The second-order valence-corrected chi connectivity index (χ2v) is 6.17. The van der Waals surface area contributed by atoms with Gasteiger partial charge in [-0.25, -0.2) is 9.89 Å². The van der Waals surface area contributed by atoms with Crippen LogP contribution in [0.4, 0.5) is 0 Å². The molecule has 20 heavy (non-hydrogen) atoms. The van der Waals surface area contributed by atoms with Crippen molar-refractivity contribution >= 4 is 11.8 Å². The highest BCUT2D eigenvalue weighted by Crippen LogP contribution is 2.40. The van der Waals surface area contributed by atoms with Crippen LogP contribution in [-0.2, 0) is 0 Å². The van der Waals surface area contributed by atoms with Crippen molar-refractivity contribution in [2.75, 3.05) is 0 Å². The number of H-pyrrole nitrogens is 1. The summed E-state index contributed by atoms with van der Waals surface area (Å²) in [5.41, 5.74) is 6.85. The molecule has 3 rings (SSSR count). The third-order valence-electron chi connectivity index (χ3n) is 3.27. The first kappa shape index (κ1) is 13.4. The summed E-state index contributed by atoms with van der Waals surface area (Å²) in [5, 5.41) is 7.33. The number of nitrogens with two attached hydrogens (primary N) is 1. The number of rotatable bonds is 5. The van der Waals surface area contributed by atoms with Gasteiger partial charge in [0.05, 0.1) is 10.9 Å². The van der Waals surface area contributed by atoms with Gasteiger partial charge in [0, 0.05) is 18.3 Å². The van der Waals surface area contributed by atoms with E-state index in [0.29, 0.717) is 11.2 Å². The minimum atomic E-state index is -0.139. The smallest absolute Gasteiger partial charge is 0.327 e. The molecule has 0 spiro atoms. The lowest BCUT2D eigenvalue weighted by molar-refractivity contribution is 0.634. The molecule has 2 heterocycles. The van der Waals surface area contributed by atoms with Gasteiger partial charge in [0.25, 0.3) is 0 Å². The predicted molar refractivity (Wildman–Crippen MR) is 77.6 cm³/mol. The molecule has 0 bridgehead atoms. The van der Waals surface area contributed by atoms with E-state index in [-0.39, 0.29) is 17.0 Å². The van der Waals surface area contributed by atoms with Gasteiger partial charge < -0.3 is 5.73 Å². The summed E-state index contributed by atoms with van der Waals surface area (Å²) in [5.74, 6) is 0. The van der Waals surface area contributed by atoms with Gasteiger partial charge in [-0.1, -0.05) is 17.8 Å².